The smallest absolute Gasteiger partial charge is 0.373 e. The molecule has 3 rings (SSSR count). The van der Waals surface area contributed by atoms with Gasteiger partial charge in [0.15, 0.2) is 17.4 Å². The molecule has 3 aromatic rings. The van der Waals surface area contributed by atoms with Gasteiger partial charge in [0.2, 0.25) is 5.91 Å². The van der Waals surface area contributed by atoms with E-state index in [-0.39, 0.29) is 61.2 Å². The Balaban J connectivity index is 0.00000197. The van der Waals surface area contributed by atoms with Crippen LogP contribution < -0.4 is 21.5 Å². The second-order valence-electron chi connectivity index (χ2n) is 8.89. The summed E-state index contributed by atoms with van der Waals surface area (Å²) >= 11 is 0. The number of aromatic nitrogens is 3. The van der Waals surface area contributed by atoms with E-state index < -0.39 is 29.4 Å². The Morgan fingerprint density at radius 1 is 1.02 bits per heavy atom. The predicted molar refractivity (Wildman–Crippen MR) is 143 cm³/mol. The van der Waals surface area contributed by atoms with E-state index in [1.54, 1.807) is 25.1 Å². The maximum atomic E-state index is 13.0. The van der Waals surface area contributed by atoms with Crippen molar-refractivity contribution in [2.75, 3.05) is 0 Å². The van der Waals surface area contributed by atoms with Gasteiger partial charge in [-0.2, -0.15) is 14.7 Å². The standard InChI is InChI=1S/C25H29N7O7.CO2/c1-2-25(11-9-20(34)35,12-10-21(36)37)31-19(33)13-17-7-8-18(22-28-14-29-32(17)22)39-23(38)15-3-5-16(6-4-15)30-24(26)27;2-1-3/h3-8,14H,2,9-13H2,1H3,(H,31,33)(H,34,35)(H,36,37)(H4,26,27,30);. The lowest BCUT2D eigenvalue weighted by Crippen LogP contribution is -2.49. The molecule has 16 nitrogen and oxygen atoms in total. The van der Waals surface area contributed by atoms with E-state index in [2.05, 4.69) is 20.4 Å². The number of esters is 1. The summed E-state index contributed by atoms with van der Waals surface area (Å²) in [6.07, 6.45) is 1.39. The van der Waals surface area contributed by atoms with Crippen LogP contribution in [0.4, 0.5) is 5.69 Å². The van der Waals surface area contributed by atoms with Gasteiger partial charge in [-0.15, -0.1) is 0 Å². The van der Waals surface area contributed by atoms with Crippen LogP contribution in [0.15, 0.2) is 47.7 Å². The number of pyridine rings is 1. The fourth-order valence-corrected chi connectivity index (χ4v) is 4.02. The number of carbonyl (C=O) groups excluding carboxylic acids is 4. The molecule has 0 aliphatic heterocycles. The van der Waals surface area contributed by atoms with E-state index in [4.69, 9.17) is 36.0 Å². The first-order valence-corrected chi connectivity index (χ1v) is 12.4. The number of benzene rings is 1. The quantitative estimate of drug-likeness (QED) is 0.106. The molecule has 42 heavy (non-hydrogen) atoms. The molecule has 0 fully saturated rings. The van der Waals surface area contributed by atoms with Gasteiger partial charge >= 0.3 is 24.1 Å². The Hall–Kier alpha value is -5.63. The zero-order valence-electron chi connectivity index (χ0n) is 22.5. The van der Waals surface area contributed by atoms with Crippen molar-refractivity contribution >= 4 is 47.3 Å². The molecule has 2 aromatic heterocycles. The highest BCUT2D eigenvalue weighted by Crippen LogP contribution is 2.25. The number of nitrogens with zero attached hydrogens (tertiary/aromatic N) is 4. The number of carboxylic acids is 2. The molecular weight excluding hydrogens is 554 g/mol. The van der Waals surface area contributed by atoms with Crippen molar-refractivity contribution < 1.29 is 43.7 Å². The number of nitrogens with two attached hydrogens (primary N) is 2. The van der Waals surface area contributed by atoms with Crippen molar-refractivity contribution in [3.05, 3.63) is 54.0 Å². The van der Waals surface area contributed by atoms with Crippen molar-refractivity contribution in [3.63, 3.8) is 0 Å². The summed E-state index contributed by atoms with van der Waals surface area (Å²) in [5.74, 6) is -3.20. The number of guanidine groups is 1. The highest BCUT2D eigenvalue weighted by molar-refractivity contribution is 5.92. The Morgan fingerprint density at radius 2 is 1.62 bits per heavy atom. The SMILES string of the molecule is CCC(CCC(=O)O)(CCC(=O)O)NC(=O)Cc1ccc(OC(=O)c2ccc(N=C(N)N)cc2)c2ncnn12.O=C=O. The molecule has 0 bridgehead atoms. The van der Waals surface area contributed by atoms with Gasteiger partial charge in [-0.25, -0.2) is 19.3 Å². The number of aliphatic carboxylic acids is 2. The number of carbonyl (C=O) groups is 4. The molecule has 1 amide bonds. The average molecular weight is 584 g/mol. The molecule has 0 spiro atoms. The van der Waals surface area contributed by atoms with Crippen LogP contribution in [0, 0.1) is 0 Å². The fraction of sp³-hybridized carbons (Fsp3) is 0.308. The first kappa shape index (κ1) is 32.6. The van der Waals surface area contributed by atoms with Gasteiger partial charge in [-0.1, -0.05) is 6.92 Å². The van der Waals surface area contributed by atoms with Crippen LogP contribution in [0.25, 0.3) is 5.65 Å². The number of ether oxygens (including phenoxy) is 1. The summed E-state index contributed by atoms with van der Waals surface area (Å²) < 4.78 is 6.85. The van der Waals surface area contributed by atoms with Gasteiger partial charge in [0.25, 0.3) is 0 Å². The molecular formula is C26H29N7O9. The maximum absolute atomic E-state index is 13.0. The predicted octanol–water partition coefficient (Wildman–Crippen LogP) is 0.807. The molecule has 0 aliphatic carbocycles. The first-order valence-electron chi connectivity index (χ1n) is 12.4. The molecule has 0 unspecified atom stereocenters. The lowest BCUT2D eigenvalue weighted by molar-refractivity contribution is -0.191. The minimum atomic E-state index is -1.04. The maximum Gasteiger partial charge on any atom is 0.373 e. The summed E-state index contributed by atoms with van der Waals surface area (Å²) in [6.45, 7) is 1.76. The number of nitrogens with one attached hydrogen (secondary N) is 1. The van der Waals surface area contributed by atoms with Gasteiger partial charge in [0.05, 0.1) is 23.4 Å². The van der Waals surface area contributed by atoms with Crippen LogP contribution in [0.2, 0.25) is 0 Å². The third-order valence-electron chi connectivity index (χ3n) is 6.09. The Morgan fingerprint density at radius 3 is 2.14 bits per heavy atom. The van der Waals surface area contributed by atoms with Crippen molar-refractivity contribution in [3.8, 4) is 5.75 Å². The Labute approximate surface area is 238 Å². The lowest BCUT2D eigenvalue weighted by Gasteiger charge is -2.33. The van der Waals surface area contributed by atoms with Crippen LogP contribution in [0.1, 0.15) is 55.1 Å². The Kier molecular flexibility index (Phi) is 11.8. The second-order valence-corrected chi connectivity index (χ2v) is 8.89. The van der Waals surface area contributed by atoms with Crippen molar-refractivity contribution in [2.24, 2.45) is 16.5 Å². The van der Waals surface area contributed by atoms with E-state index >= 15 is 0 Å². The number of rotatable bonds is 13. The number of amides is 1. The minimum absolute atomic E-state index is 0.0818. The van der Waals surface area contributed by atoms with E-state index in [1.165, 1.54) is 29.0 Å². The van der Waals surface area contributed by atoms with Crippen LogP contribution in [-0.4, -0.2) is 66.3 Å². The van der Waals surface area contributed by atoms with Crippen LogP contribution in [0.3, 0.4) is 0 Å². The summed E-state index contributed by atoms with van der Waals surface area (Å²) in [5, 5.41) is 25.2. The summed E-state index contributed by atoms with van der Waals surface area (Å²) in [7, 11) is 0. The number of hydrogen-bond donors (Lipinski definition) is 5. The van der Waals surface area contributed by atoms with Crippen LogP contribution in [0.5, 0.6) is 5.75 Å². The molecule has 1 aromatic carbocycles. The van der Waals surface area contributed by atoms with Crippen LogP contribution in [-0.2, 0) is 30.4 Å². The zero-order valence-corrected chi connectivity index (χ0v) is 22.5. The molecule has 16 heteroatoms. The molecule has 2 heterocycles. The highest BCUT2D eigenvalue weighted by Gasteiger charge is 2.31. The number of aliphatic imine (C=N–C) groups is 1. The largest absolute Gasteiger partial charge is 0.481 e. The van der Waals surface area contributed by atoms with E-state index in [0.29, 0.717) is 17.8 Å². The number of hydrogen-bond acceptors (Lipinski definition) is 10. The van der Waals surface area contributed by atoms with Crippen molar-refractivity contribution in [2.45, 2.75) is 51.0 Å². The molecule has 0 aliphatic rings. The molecule has 222 valence electrons. The number of fused-ring (bicyclic) bond motifs is 1. The van der Waals surface area contributed by atoms with E-state index in [9.17, 15) is 19.2 Å². The molecule has 7 N–H and O–H groups in total. The molecule has 0 saturated heterocycles. The van der Waals surface area contributed by atoms with E-state index in [0.717, 1.165) is 0 Å². The zero-order chi connectivity index (χ0) is 31.3. The van der Waals surface area contributed by atoms with Gasteiger partial charge in [0.1, 0.15) is 6.33 Å². The van der Waals surface area contributed by atoms with Gasteiger partial charge in [-0.3, -0.25) is 14.4 Å². The van der Waals surface area contributed by atoms with Gasteiger partial charge in [0, 0.05) is 18.4 Å². The fourth-order valence-electron chi connectivity index (χ4n) is 4.02. The van der Waals surface area contributed by atoms with Crippen LogP contribution >= 0.6 is 0 Å². The lowest BCUT2D eigenvalue weighted by atomic mass is 9.85. The Bertz CT molecular complexity index is 1470. The molecule has 0 saturated carbocycles. The molecule has 0 radical (unpaired) electrons. The summed E-state index contributed by atoms with van der Waals surface area (Å²) in [6, 6.07) is 9.13. The third-order valence-corrected chi connectivity index (χ3v) is 6.09. The minimum Gasteiger partial charge on any atom is -0.481 e. The monoisotopic (exact) mass is 583 g/mol. The van der Waals surface area contributed by atoms with Gasteiger partial charge in [-0.05, 0) is 55.7 Å². The summed E-state index contributed by atoms with van der Waals surface area (Å²) in [5.41, 5.74) is 11.0. The van der Waals surface area contributed by atoms with Gasteiger partial charge < -0.3 is 31.7 Å². The average Bonchev–Trinajstić information content (AvgIpc) is 3.43. The van der Waals surface area contributed by atoms with Crippen molar-refractivity contribution in [1.29, 1.82) is 0 Å². The normalized spacial score (nSPS) is 10.5. The van der Waals surface area contributed by atoms with E-state index in [1.807, 2.05) is 0 Å². The topological polar surface area (TPSA) is 259 Å². The number of carboxylic acid groups (broad SMARTS) is 2. The summed E-state index contributed by atoms with van der Waals surface area (Å²) in [4.78, 5) is 72.2. The molecule has 0 atom stereocenters. The first-order chi connectivity index (χ1) is 19.9. The highest BCUT2D eigenvalue weighted by atomic mass is 16.5. The van der Waals surface area contributed by atoms with Crippen molar-refractivity contribution in [1.82, 2.24) is 19.9 Å². The second kappa shape index (κ2) is 15.2. The third kappa shape index (κ3) is 9.53.